The predicted molar refractivity (Wildman–Crippen MR) is 180 cm³/mol. The smallest absolute Gasteiger partial charge is 0.303 e. The molecule has 2 atom stereocenters. The minimum Gasteiger partial charge on any atom is -0.486 e. The van der Waals surface area contributed by atoms with Crippen molar-refractivity contribution in [2.24, 2.45) is 5.92 Å². The zero-order chi connectivity index (χ0) is 32.7. The van der Waals surface area contributed by atoms with Crippen molar-refractivity contribution in [2.45, 2.75) is 91.5 Å². The van der Waals surface area contributed by atoms with Crippen LogP contribution in [0.15, 0.2) is 60.1 Å². The Morgan fingerprint density at radius 1 is 1.14 bits per heavy atom. The molecule has 0 saturated heterocycles. The van der Waals surface area contributed by atoms with Crippen molar-refractivity contribution in [3.8, 4) is 5.75 Å². The Hall–Kier alpha value is -3.66. The van der Waals surface area contributed by atoms with Gasteiger partial charge in [-0.3, -0.25) is 14.6 Å². The van der Waals surface area contributed by atoms with E-state index < -0.39 is 0 Å². The minimum absolute atomic E-state index is 0.0986. The minimum atomic E-state index is -0.328. The van der Waals surface area contributed by atoms with Crippen LogP contribution in [0.25, 0.3) is 0 Å². The molecule has 1 aromatic carbocycles. The van der Waals surface area contributed by atoms with E-state index in [1.54, 1.807) is 17.3 Å². The third kappa shape index (κ3) is 11.8. The number of esters is 1. The molecule has 0 spiro atoms. The zero-order valence-corrected chi connectivity index (χ0v) is 28.5. The first-order valence-corrected chi connectivity index (χ1v) is 16.6. The Bertz CT molecular complexity index is 1320. The molecule has 1 aliphatic heterocycles. The number of benzene rings is 1. The van der Waals surface area contributed by atoms with Crippen LogP contribution in [-0.2, 0) is 9.53 Å². The van der Waals surface area contributed by atoms with Gasteiger partial charge in [-0.15, -0.1) is 0 Å². The zero-order valence-electron chi connectivity index (χ0n) is 27.7. The highest BCUT2D eigenvalue weighted by Gasteiger charge is 2.26. The highest BCUT2D eigenvalue weighted by Crippen LogP contribution is 2.31. The predicted octanol–water partition coefficient (Wildman–Crippen LogP) is 7.99. The highest BCUT2D eigenvalue weighted by atomic mass is 32.2. The maximum Gasteiger partial charge on any atom is 0.303 e. The van der Waals surface area contributed by atoms with Gasteiger partial charge in [-0.05, 0) is 64.0 Å². The molecule has 3 heterocycles. The summed E-state index contributed by atoms with van der Waals surface area (Å²) in [4.78, 5) is 38.4. The lowest BCUT2D eigenvalue weighted by molar-refractivity contribution is -0.151. The molecular weight excluding hydrogens is 574 g/mol. The van der Waals surface area contributed by atoms with Gasteiger partial charge >= 0.3 is 5.97 Å². The Labute approximate surface area is 267 Å². The number of anilines is 2. The van der Waals surface area contributed by atoms with Gasteiger partial charge in [0.05, 0.1) is 0 Å². The number of pyridine rings is 1. The monoisotopic (exact) mass is 623 g/mol. The molecule has 4 rings (SSSR count). The fraction of sp³-hybridized carbons (Fsp3) is 0.500. The van der Waals surface area contributed by atoms with E-state index in [0.717, 1.165) is 36.3 Å². The summed E-state index contributed by atoms with van der Waals surface area (Å²) in [5, 5.41) is 3.91. The molecule has 9 nitrogen and oxygen atoms in total. The molecule has 1 N–H and O–H groups in total. The third-order valence-electron chi connectivity index (χ3n) is 6.58. The first-order valence-electron chi connectivity index (χ1n) is 15.3. The van der Waals surface area contributed by atoms with Gasteiger partial charge in [-0.25, -0.2) is 9.97 Å². The number of rotatable bonds is 9. The van der Waals surface area contributed by atoms with E-state index in [9.17, 15) is 9.59 Å². The first-order chi connectivity index (χ1) is 21.0. The van der Waals surface area contributed by atoms with Crippen molar-refractivity contribution in [2.75, 3.05) is 29.6 Å². The molecule has 3 aromatic rings. The van der Waals surface area contributed by atoms with Crippen molar-refractivity contribution >= 4 is 35.1 Å². The molecule has 240 valence electrons. The number of hydrogen-bond donors (Lipinski definition) is 1. The summed E-state index contributed by atoms with van der Waals surface area (Å²) in [5.41, 5.74) is 1.99. The van der Waals surface area contributed by atoms with E-state index in [0.29, 0.717) is 35.5 Å². The maximum absolute atomic E-state index is 13.4. The normalized spacial score (nSPS) is 13.8. The molecule has 2 aromatic heterocycles. The summed E-state index contributed by atoms with van der Waals surface area (Å²) < 4.78 is 11.3. The molecule has 0 radical (unpaired) electrons. The van der Waals surface area contributed by atoms with Crippen LogP contribution in [0.3, 0.4) is 0 Å². The molecule has 0 aliphatic carbocycles. The number of fused-ring (bicyclic) bond motifs is 1. The van der Waals surface area contributed by atoms with E-state index in [2.05, 4.69) is 40.2 Å². The number of aromatic nitrogens is 3. The molecule has 1 aliphatic rings. The van der Waals surface area contributed by atoms with Gasteiger partial charge in [0.2, 0.25) is 0 Å². The third-order valence-corrected chi connectivity index (χ3v) is 7.15. The maximum atomic E-state index is 13.4. The number of nitrogens with one attached hydrogen (secondary N) is 1. The second-order valence-electron chi connectivity index (χ2n) is 11.2. The van der Waals surface area contributed by atoms with E-state index in [1.165, 1.54) is 18.7 Å². The molecular formula is C34H49N5O4S. The molecule has 1 amide bonds. The number of ether oxygens (including phenoxy) is 2. The molecule has 0 bridgehead atoms. The lowest BCUT2D eigenvalue weighted by atomic mass is 9.98. The Morgan fingerprint density at radius 3 is 2.48 bits per heavy atom. The van der Waals surface area contributed by atoms with Crippen LogP contribution in [0.5, 0.6) is 5.75 Å². The molecule has 2 unspecified atom stereocenters. The van der Waals surface area contributed by atoms with Crippen LogP contribution in [0.4, 0.5) is 11.5 Å². The van der Waals surface area contributed by atoms with Crippen LogP contribution in [0.2, 0.25) is 0 Å². The number of carbonyl (C=O) groups is 2. The van der Waals surface area contributed by atoms with Crippen LogP contribution in [-0.4, -0.2) is 51.8 Å². The lowest BCUT2D eigenvalue weighted by Gasteiger charge is -2.24. The summed E-state index contributed by atoms with van der Waals surface area (Å²) in [6, 6.07) is 11.7. The van der Waals surface area contributed by atoms with Gasteiger partial charge in [0.1, 0.15) is 28.8 Å². The van der Waals surface area contributed by atoms with Crippen molar-refractivity contribution < 1.29 is 19.1 Å². The Morgan fingerprint density at radius 2 is 1.89 bits per heavy atom. The summed E-state index contributed by atoms with van der Waals surface area (Å²) in [7, 11) is 0. The van der Waals surface area contributed by atoms with E-state index >= 15 is 0 Å². The lowest BCUT2D eigenvalue weighted by Crippen LogP contribution is -2.32. The van der Waals surface area contributed by atoms with Gasteiger partial charge in [-0.1, -0.05) is 58.0 Å². The van der Waals surface area contributed by atoms with Crippen molar-refractivity contribution in [1.29, 1.82) is 0 Å². The van der Waals surface area contributed by atoms with Gasteiger partial charge in [0.15, 0.2) is 5.16 Å². The number of thioether (sulfide) groups is 1. The fourth-order valence-corrected chi connectivity index (χ4v) is 4.70. The number of hydrogen-bond acceptors (Lipinski definition) is 9. The van der Waals surface area contributed by atoms with Crippen LogP contribution >= 0.6 is 11.8 Å². The van der Waals surface area contributed by atoms with Crippen molar-refractivity contribution in [1.82, 2.24) is 15.0 Å². The highest BCUT2D eigenvalue weighted by molar-refractivity contribution is 7.98. The summed E-state index contributed by atoms with van der Waals surface area (Å²) >= 11 is 1.45. The first kappa shape index (κ1) is 36.5. The summed E-state index contributed by atoms with van der Waals surface area (Å²) in [6.45, 7) is 16.5. The molecule has 44 heavy (non-hydrogen) atoms. The second kappa shape index (κ2) is 18.2. The standard InChI is InChI=1S/C26H31N5O2S.C6H12O2.C2H6/c1-4-18(2)10-11-23(19-7-6-12-27-16-19)33-21-9-5-8-20(15-21)31-14-13-28-24-22(25(31)32)17-29-26(30-24)34-3;1-5(7)8-6(2,3)4;1-2/h5-9,12,15-18,23H,4,10-11,13-14H2,1-3H3,(H,28,29,30);1-4H3;1-2H3. The van der Waals surface area contributed by atoms with Crippen LogP contribution in [0, 0.1) is 5.92 Å². The number of nitrogens with zero attached hydrogens (tertiary/aromatic N) is 4. The van der Waals surface area contributed by atoms with E-state index in [-0.39, 0.29) is 23.6 Å². The van der Waals surface area contributed by atoms with Gasteiger partial charge < -0.3 is 19.7 Å². The molecule has 10 heteroatoms. The molecule has 0 saturated carbocycles. The second-order valence-corrected chi connectivity index (χ2v) is 12.0. The van der Waals surface area contributed by atoms with Gasteiger partial charge in [0, 0.05) is 55.9 Å². The molecule has 0 fully saturated rings. The quantitative estimate of drug-likeness (QED) is 0.144. The Kier molecular flexibility index (Phi) is 15.1. The number of amides is 1. The van der Waals surface area contributed by atoms with Crippen molar-refractivity contribution in [3.63, 3.8) is 0 Å². The SMILES string of the molecule is CC.CC(=O)OC(C)(C)C.CCC(C)CCC(Oc1cccc(N2CCNc3nc(SC)ncc3C2=O)c1)c1cccnc1. The largest absolute Gasteiger partial charge is 0.486 e. The summed E-state index contributed by atoms with van der Waals surface area (Å²) in [6.07, 6.45) is 10.2. The van der Waals surface area contributed by atoms with Crippen LogP contribution in [0.1, 0.15) is 96.7 Å². The van der Waals surface area contributed by atoms with E-state index in [4.69, 9.17) is 9.47 Å². The Balaban J connectivity index is 0.000000588. The fourth-order valence-electron chi connectivity index (χ4n) is 4.35. The van der Waals surface area contributed by atoms with Gasteiger partial charge in [0.25, 0.3) is 5.91 Å². The topological polar surface area (TPSA) is 107 Å². The summed E-state index contributed by atoms with van der Waals surface area (Å²) in [5.74, 6) is 1.60. The van der Waals surface area contributed by atoms with E-state index in [1.807, 2.05) is 77.4 Å². The number of carbonyl (C=O) groups excluding carboxylic acids is 2. The van der Waals surface area contributed by atoms with Gasteiger partial charge in [-0.2, -0.15) is 0 Å². The van der Waals surface area contributed by atoms with Crippen molar-refractivity contribution in [3.05, 3.63) is 66.1 Å². The average molecular weight is 624 g/mol. The average Bonchev–Trinajstić information content (AvgIpc) is 3.17. The van der Waals surface area contributed by atoms with Crippen LogP contribution < -0.4 is 15.0 Å².